The summed E-state index contributed by atoms with van der Waals surface area (Å²) in [6.45, 7) is 9.83. The number of nitrogens with one attached hydrogen (secondary N) is 1. The molecule has 34 heavy (non-hydrogen) atoms. The molecule has 1 heterocycles. The Kier molecular flexibility index (Phi) is 8.41. The lowest BCUT2D eigenvalue weighted by Crippen LogP contribution is -2.33. The van der Waals surface area contributed by atoms with Gasteiger partial charge in [-0.25, -0.2) is 4.79 Å². The minimum absolute atomic E-state index is 0.183. The normalized spacial score (nSPS) is 14.0. The molecule has 4 nitrogen and oxygen atoms in total. The minimum Gasteiger partial charge on any atom is -0.417 e. The maximum Gasteiger partial charge on any atom is 0.417 e. The molecule has 0 aromatic heterocycles. The number of benzene rings is 2. The minimum atomic E-state index is -4.47. The molecule has 1 aliphatic heterocycles. The van der Waals surface area contributed by atoms with Crippen LogP contribution >= 0.6 is 11.8 Å². The van der Waals surface area contributed by atoms with Crippen molar-refractivity contribution in [2.45, 2.75) is 56.9 Å². The third-order valence-electron chi connectivity index (χ3n) is 5.81. The van der Waals surface area contributed by atoms with Crippen molar-refractivity contribution >= 4 is 37.5 Å². The maximum atomic E-state index is 13.5. The molecule has 9 heteroatoms. The van der Waals surface area contributed by atoms with Crippen LogP contribution in [0.1, 0.15) is 30.5 Å². The first kappa shape index (κ1) is 26.6. The summed E-state index contributed by atoms with van der Waals surface area (Å²) in [6, 6.07) is 10.9. The molecule has 0 atom stereocenters. The number of carbonyl (C=O) groups excluding carboxylic acids is 1. The number of alkyl halides is 3. The number of halogens is 3. The predicted molar refractivity (Wildman–Crippen MR) is 137 cm³/mol. The average Bonchev–Trinajstić information content (AvgIpc) is 3.14. The predicted octanol–water partition coefficient (Wildman–Crippen LogP) is 7.44. The Labute approximate surface area is 205 Å². The maximum absolute atomic E-state index is 13.5. The lowest BCUT2D eigenvalue weighted by atomic mass is 10.1. The fraction of sp³-hybridized carbons (Fsp3) is 0.480. The number of carbonyl (C=O) groups is 1. The summed E-state index contributed by atoms with van der Waals surface area (Å²) >= 11 is 1.07. The molecule has 0 aliphatic carbocycles. The number of rotatable bonds is 8. The van der Waals surface area contributed by atoms with Crippen LogP contribution < -0.4 is 10.2 Å². The molecule has 0 saturated carbocycles. The van der Waals surface area contributed by atoms with Gasteiger partial charge in [-0.1, -0.05) is 26.0 Å². The molecule has 2 amide bonds. The number of hydrogen-bond donors (Lipinski definition) is 1. The molecule has 0 bridgehead atoms. The van der Waals surface area contributed by atoms with E-state index in [0.29, 0.717) is 36.9 Å². The van der Waals surface area contributed by atoms with Crippen molar-refractivity contribution in [2.75, 3.05) is 29.6 Å². The standard InChI is InChI=1S/C25H33F3N2O2SSi/c1-17(2)16-34(4,5)32-12-10-18-7-6-8-20(13-18)29-24(31)30-11-9-19-14-23(33-3)21(15-22(19)30)25(26,27)28/h6-8,13-15,17H,9-12,16H2,1-5H3,(H,29,31). The second-order valence-corrected chi connectivity index (χ2v) is 14.7. The van der Waals surface area contributed by atoms with Crippen LogP contribution in [-0.2, 0) is 23.4 Å². The van der Waals surface area contributed by atoms with Gasteiger partial charge in [-0.2, -0.15) is 13.2 Å². The quantitative estimate of drug-likeness (QED) is 0.296. The van der Waals surface area contributed by atoms with Crippen LogP contribution in [0.25, 0.3) is 0 Å². The van der Waals surface area contributed by atoms with Gasteiger partial charge in [-0.3, -0.25) is 4.90 Å². The Morgan fingerprint density at radius 3 is 2.62 bits per heavy atom. The zero-order valence-corrected chi connectivity index (χ0v) is 22.2. The van der Waals surface area contributed by atoms with Gasteiger partial charge in [0.15, 0.2) is 8.32 Å². The zero-order valence-electron chi connectivity index (χ0n) is 20.4. The summed E-state index contributed by atoms with van der Waals surface area (Å²) < 4.78 is 46.8. The van der Waals surface area contributed by atoms with Crippen molar-refractivity contribution < 1.29 is 22.4 Å². The van der Waals surface area contributed by atoms with Crippen LogP contribution in [0.4, 0.5) is 29.3 Å². The Bertz CT molecular complexity index is 1030. The summed E-state index contributed by atoms with van der Waals surface area (Å²) in [5.41, 5.74) is 2.03. The Morgan fingerprint density at radius 2 is 1.97 bits per heavy atom. The summed E-state index contributed by atoms with van der Waals surface area (Å²) in [6.07, 6.45) is -1.58. The molecule has 0 fully saturated rings. The van der Waals surface area contributed by atoms with Crippen molar-refractivity contribution in [3.8, 4) is 0 Å². The van der Waals surface area contributed by atoms with Gasteiger partial charge in [0, 0.05) is 29.4 Å². The van der Waals surface area contributed by atoms with Crippen molar-refractivity contribution in [3.05, 3.63) is 53.1 Å². The van der Waals surface area contributed by atoms with Crippen molar-refractivity contribution in [2.24, 2.45) is 5.92 Å². The van der Waals surface area contributed by atoms with E-state index in [9.17, 15) is 18.0 Å². The molecule has 0 unspecified atom stereocenters. The van der Waals surface area contributed by atoms with Crippen molar-refractivity contribution in [1.82, 2.24) is 0 Å². The molecule has 3 rings (SSSR count). The zero-order chi connectivity index (χ0) is 25.1. The summed E-state index contributed by atoms with van der Waals surface area (Å²) in [4.78, 5) is 14.5. The summed E-state index contributed by atoms with van der Waals surface area (Å²) in [5, 5.41) is 2.85. The molecule has 0 radical (unpaired) electrons. The van der Waals surface area contributed by atoms with Crippen LogP contribution in [0.2, 0.25) is 19.1 Å². The number of amides is 2. The Hall–Kier alpha value is -1.97. The number of hydrogen-bond acceptors (Lipinski definition) is 3. The van der Waals surface area contributed by atoms with Gasteiger partial charge in [0.25, 0.3) is 0 Å². The van der Waals surface area contributed by atoms with Crippen LogP contribution in [-0.4, -0.2) is 33.8 Å². The second kappa shape index (κ2) is 10.7. The molecule has 0 saturated heterocycles. The van der Waals surface area contributed by atoms with Gasteiger partial charge >= 0.3 is 12.2 Å². The molecule has 186 valence electrons. The fourth-order valence-corrected chi connectivity index (χ4v) is 7.89. The number of thioether (sulfide) groups is 1. The molecule has 2 aromatic rings. The van der Waals surface area contributed by atoms with E-state index in [1.807, 2.05) is 18.2 Å². The second-order valence-electron chi connectivity index (χ2n) is 9.67. The van der Waals surface area contributed by atoms with Gasteiger partial charge in [0.1, 0.15) is 0 Å². The van der Waals surface area contributed by atoms with E-state index in [2.05, 4.69) is 32.3 Å². The lowest BCUT2D eigenvalue weighted by Gasteiger charge is -2.24. The van der Waals surface area contributed by atoms with Crippen LogP contribution in [0, 0.1) is 5.92 Å². The first-order valence-corrected chi connectivity index (χ1v) is 15.8. The smallest absolute Gasteiger partial charge is 0.417 e. The number of anilines is 2. The summed E-state index contributed by atoms with van der Waals surface area (Å²) in [5.74, 6) is 0.607. The highest BCUT2D eigenvalue weighted by Gasteiger charge is 2.36. The van der Waals surface area contributed by atoms with E-state index < -0.39 is 26.1 Å². The topological polar surface area (TPSA) is 41.6 Å². The number of urea groups is 1. The largest absolute Gasteiger partial charge is 0.417 e. The van der Waals surface area contributed by atoms with Gasteiger partial charge in [0.2, 0.25) is 0 Å². The third-order valence-corrected chi connectivity index (χ3v) is 9.37. The Balaban J connectivity index is 1.68. The summed E-state index contributed by atoms with van der Waals surface area (Å²) in [7, 11) is -1.69. The highest BCUT2D eigenvalue weighted by Crippen LogP contribution is 2.42. The van der Waals surface area contributed by atoms with Crippen LogP contribution in [0.3, 0.4) is 0 Å². The van der Waals surface area contributed by atoms with E-state index in [4.69, 9.17) is 4.43 Å². The molecular formula is C25H33F3N2O2SSi. The van der Waals surface area contributed by atoms with Crippen molar-refractivity contribution in [1.29, 1.82) is 0 Å². The molecule has 1 N–H and O–H groups in total. The van der Waals surface area contributed by atoms with E-state index in [0.717, 1.165) is 41.4 Å². The van der Waals surface area contributed by atoms with E-state index in [1.165, 1.54) is 4.90 Å². The molecular weight excluding hydrogens is 477 g/mol. The lowest BCUT2D eigenvalue weighted by molar-refractivity contribution is -0.139. The average molecular weight is 511 g/mol. The van der Waals surface area contributed by atoms with Gasteiger partial charge in [0.05, 0.1) is 5.56 Å². The first-order valence-electron chi connectivity index (χ1n) is 11.5. The van der Waals surface area contributed by atoms with Crippen LogP contribution in [0.5, 0.6) is 0 Å². The fourth-order valence-electron chi connectivity index (χ4n) is 4.50. The molecule has 0 spiro atoms. The Morgan fingerprint density at radius 1 is 1.24 bits per heavy atom. The highest BCUT2D eigenvalue weighted by molar-refractivity contribution is 7.98. The monoisotopic (exact) mass is 510 g/mol. The van der Waals surface area contributed by atoms with E-state index in [-0.39, 0.29) is 4.90 Å². The van der Waals surface area contributed by atoms with Gasteiger partial charge in [-0.05, 0) is 79.5 Å². The molecule has 2 aromatic carbocycles. The highest BCUT2D eigenvalue weighted by atomic mass is 32.2. The van der Waals surface area contributed by atoms with Gasteiger partial charge in [-0.15, -0.1) is 11.8 Å². The van der Waals surface area contributed by atoms with E-state index in [1.54, 1.807) is 18.4 Å². The number of nitrogens with zero attached hydrogens (tertiary/aromatic N) is 1. The third kappa shape index (κ3) is 6.79. The van der Waals surface area contributed by atoms with Crippen LogP contribution in [0.15, 0.2) is 41.3 Å². The van der Waals surface area contributed by atoms with Gasteiger partial charge < -0.3 is 9.74 Å². The van der Waals surface area contributed by atoms with E-state index >= 15 is 0 Å². The number of fused-ring (bicyclic) bond motifs is 1. The molecule has 1 aliphatic rings. The SMILES string of the molecule is CSc1cc2c(cc1C(F)(F)F)N(C(=O)Nc1cccc(CCO[Si](C)(C)CC(C)C)c1)CC2. The first-order chi connectivity index (χ1) is 15.9. The van der Waals surface area contributed by atoms with Crippen molar-refractivity contribution in [3.63, 3.8) is 0 Å².